The van der Waals surface area contributed by atoms with Crippen LogP contribution in [0.25, 0.3) is 0 Å². The fourth-order valence-corrected chi connectivity index (χ4v) is 2.89. The average molecular weight is 403 g/mol. The van der Waals surface area contributed by atoms with Gasteiger partial charge in [-0.05, 0) is 31.2 Å². The van der Waals surface area contributed by atoms with Crippen LogP contribution in [0.4, 0.5) is 18.9 Å². The Kier molecular flexibility index (Phi) is 5.51. The molecule has 144 valence electrons. The largest absolute Gasteiger partial charge is 0.416 e. The minimum Gasteiger partial charge on any atom is -0.273 e. The summed E-state index contributed by atoms with van der Waals surface area (Å²) in [6.07, 6.45) is -4.67. The summed E-state index contributed by atoms with van der Waals surface area (Å²) in [5, 5.41) is 10.9. The van der Waals surface area contributed by atoms with Crippen LogP contribution >= 0.6 is 0 Å². The van der Waals surface area contributed by atoms with Crippen LogP contribution < -0.4 is 10.3 Å². The third-order valence-corrected chi connectivity index (χ3v) is 4.68. The summed E-state index contributed by atoms with van der Waals surface area (Å²) < 4.78 is 62.3. The molecule has 2 rings (SSSR count). The van der Waals surface area contributed by atoms with Crippen LogP contribution in [0, 0.1) is 17.0 Å². The average Bonchev–Trinajstić information content (AvgIpc) is 2.59. The molecule has 12 heteroatoms. The first-order chi connectivity index (χ1) is 12.4. The fraction of sp³-hybridized carbons (Fsp3) is 0.133. The molecule has 0 aromatic heterocycles. The first kappa shape index (κ1) is 20.3. The van der Waals surface area contributed by atoms with Gasteiger partial charge in [-0.25, -0.2) is 8.42 Å². The SMILES string of the molecule is Cc1ccc(S(=O)(=O)NNC(=O)c2cccc(C(F)(F)F)c2)cc1[N+](=O)[O-]. The standard InChI is InChI=1S/C15H12F3N3O5S/c1-9-5-6-12(8-13(9)21(23)24)27(25,26)20-19-14(22)10-3-2-4-11(7-10)15(16,17)18/h2-8,20H,1H3,(H,19,22). The Labute approximate surface area is 151 Å². The molecular formula is C15H12F3N3O5S. The maximum atomic E-state index is 12.7. The number of nitrogens with one attached hydrogen (secondary N) is 2. The molecule has 0 saturated heterocycles. The second-order valence-electron chi connectivity index (χ2n) is 5.34. The van der Waals surface area contributed by atoms with E-state index in [4.69, 9.17) is 0 Å². The Morgan fingerprint density at radius 3 is 2.41 bits per heavy atom. The number of carbonyl (C=O) groups is 1. The molecular weight excluding hydrogens is 391 g/mol. The van der Waals surface area contributed by atoms with Gasteiger partial charge >= 0.3 is 6.18 Å². The van der Waals surface area contributed by atoms with Crippen LogP contribution in [-0.2, 0) is 16.2 Å². The summed E-state index contributed by atoms with van der Waals surface area (Å²) in [6.45, 7) is 1.41. The highest BCUT2D eigenvalue weighted by Crippen LogP contribution is 2.29. The van der Waals surface area contributed by atoms with Crippen LogP contribution in [0.1, 0.15) is 21.5 Å². The number of nitro groups is 1. The Bertz CT molecular complexity index is 1010. The van der Waals surface area contributed by atoms with E-state index in [2.05, 4.69) is 0 Å². The minimum absolute atomic E-state index is 0.229. The highest BCUT2D eigenvalue weighted by atomic mass is 32.2. The van der Waals surface area contributed by atoms with Crippen molar-refractivity contribution >= 4 is 21.6 Å². The molecule has 0 bridgehead atoms. The molecule has 0 saturated carbocycles. The molecule has 0 heterocycles. The van der Waals surface area contributed by atoms with Crippen LogP contribution in [0.5, 0.6) is 0 Å². The van der Waals surface area contributed by atoms with Gasteiger partial charge in [0.2, 0.25) is 0 Å². The van der Waals surface area contributed by atoms with Crippen LogP contribution in [0.2, 0.25) is 0 Å². The Morgan fingerprint density at radius 1 is 1.15 bits per heavy atom. The van der Waals surface area contributed by atoms with Crippen molar-refractivity contribution in [1.29, 1.82) is 0 Å². The Balaban J connectivity index is 2.19. The van der Waals surface area contributed by atoms with Crippen molar-refractivity contribution < 1.29 is 31.3 Å². The molecule has 0 aliphatic rings. The summed E-state index contributed by atoms with van der Waals surface area (Å²) in [6, 6.07) is 6.47. The zero-order valence-electron chi connectivity index (χ0n) is 13.6. The minimum atomic E-state index is -4.67. The van der Waals surface area contributed by atoms with Gasteiger partial charge in [-0.1, -0.05) is 12.1 Å². The lowest BCUT2D eigenvalue weighted by molar-refractivity contribution is -0.385. The van der Waals surface area contributed by atoms with E-state index in [1.807, 2.05) is 0 Å². The van der Waals surface area contributed by atoms with Crippen LogP contribution in [0.3, 0.4) is 0 Å². The molecule has 0 aliphatic carbocycles. The lowest BCUT2D eigenvalue weighted by atomic mass is 10.1. The number of sulfonamides is 1. The maximum absolute atomic E-state index is 12.7. The Morgan fingerprint density at radius 2 is 1.81 bits per heavy atom. The van der Waals surface area contributed by atoms with Gasteiger partial charge in [-0.3, -0.25) is 20.3 Å². The van der Waals surface area contributed by atoms with E-state index in [1.165, 1.54) is 13.0 Å². The van der Waals surface area contributed by atoms with Crippen molar-refractivity contribution in [2.45, 2.75) is 18.0 Å². The molecule has 0 spiro atoms. The van der Waals surface area contributed by atoms with Gasteiger partial charge in [0.15, 0.2) is 0 Å². The van der Waals surface area contributed by atoms with Crippen molar-refractivity contribution in [3.8, 4) is 0 Å². The summed E-state index contributed by atoms with van der Waals surface area (Å²) >= 11 is 0. The molecule has 1 amide bonds. The number of amides is 1. The van der Waals surface area contributed by atoms with E-state index in [-0.39, 0.29) is 5.56 Å². The predicted octanol–water partition coefficient (Wildman–Crippen LogP) is 2.55. The van der Waals surface area contributed by atoms with E-state index in [9.17, 15) is 36.5 Å². The summed E-state index contributed by atoms with van der Waals surface area (Å²) in [4.78, 5) is 23.2. The number of hydrogen-bond acceptors (Lipinski definition) is 5. The van der Waals surface area contributed by atoms with Crippen molar-refractivity contribution in [1.82, 2.24) is 10.3 Å². The fourth-order valence-electron chi connectivity index (χ4n) is 2.03. The molecule has 0 radical (unpaired) electrons. The molecule has 0 atom stereocenters. The first-order valence-electron chi connectivity index (χ1n) is 7.16. The van der Waals surface area contributed by atoms with Crippen LogP contribution in [0.15, 0.2) is 47.4 Å². The van der Waals surface area contributed by atoms with Gasteiger partial charge in [0.25, 0.3) is 21.6 Å². The summed E-state index contributed by atoms with van der Waals surface area (Å²) in [5.74, 6) is -1.13. The van der Waals surface area contributed by atoms with E-state index in [0.717, 1.165) is 30.3 Å². The molecule has 0 unspecified atom stereocenters. The monoisotopic (exact) mass is 403 g/mol. The zero-order valence-corrected chi connectivity index (χ0v) is 14.4. The van der Waals surface area contributed by atoms with Crippen molar-refractivity contribution in [3.05, 3.63) is 69.3 Å². The van der Waals surface area contributed by atoms with Crippen molar-refractivity contribution in [2.24, 2.45) is 0 Å². The second kappa shape index (κ2) is 7.32. The maximum Gasteiger partial charge on any atom is 0.416 e. The third kappa shape index (κ3) is 4.80. The summed E-state index contributed by atoms with van der Waals surface area (Å²) in [7, 11) is -4.38. The van der Waals surface area contributed by atoms with Gasteiger partial charge in [0.05, 0.1) is 15.4 Å². The highest BCUT2D eigenvalue weighted by Gasteiger charge is 2.31. The lowest BCUT2D eigenvalue weighted by Gasteiger charge is -2.11. The number of rotatable bonds is 5. The van der Waals surface area contributed by atoms with Crippen LogP contribution in [-0.4, -0.2) is 19.2 Å². The third-order valence-electron chi connectivity index (χ3n) is 3.44. The van der Waals surface area contributed by atoms with E-state index < -0.39 is 48.7 Å². The number of alkyl halides is 3. The molecule has 2 N–H and O–H groups in total. The summed E-state index contributed by atoms with van der Waals surface area (Å²) in [5.41, 5.74) is 0.0467. The topological polar surface area (TPSA) is 118 Å². The number of halogens is 3. The molecule has 8 nitrogen and oxygen atoms in total. The molecule has 2 aromatic carbocycles. The van der Waals surface area contributed by atoms with E-state index in [1.54, 1.807) is 10.3 Å². The number of benzene rings is 2. The second-order valence-corrected chi connectivity index (χ2v) is 7.03. The van der Waals surface area contributed by atoms with Gasteiger partial charge < -0.3 is 0 Å². The normalized spacial score (nSPS) is 11.9. The quantitative estimate of drug-likeness (QED) is 0.588. The predicted molar refractivity (Wildman–Crippen MR) is 87.1 cm³/mol. The number of nitro benzene ring substituents is 1. The van der Waals surface area contributed by atoms with Gasteiger partial charge in [0.1, 0.15) is 0 Å². The number of hydrogen-bond donors (Lipinski definition) is 2. The first-order valence-corrected chi connectivity index (χ1v) is 8.64. The number of nitrogens with zero attached hydrogens (tertiary/aromatic N) is 1. The highest BCUT2D eigenvalue weighted by molar-refractivity contribution is 7.89. The molecule has 27 heavy (non-hydrogen) atoms. The van der Waals surface area contributed by atoms with E-state index in [0.29, 0.717) is 6.07 Å². The van der Waals surface area contributed by atoms with Gasteiger partial charge in [0, 0.05) is 17.2 Å². The number of hydrazine groups is 1. The van der Waals surface area contributed by atoms with E-state index >= 15 is 0 Å². The number of aryl methyl sites for hydroxylation is 1. The zero-order chi connectivity index (χ0) is 20.4. The number of carbonyl (C=O) groups excluding carboxylic acids is 1. The smallest absolute Gasteiger partial charge is 0.273 e. The van der Waals surface area contributed by atoms with Gasteiger partial charge in [-0.15, -0.1) is 4.83 Å². The van der Waals surface area contributed by atoms with Crippen molar-refractivity contribution in [2.75, 3.05) is 0 Å². The lowest BCUT2D eigenvalue weighted by Crippen LogP contribution is -2.41. The molecule has 0 fully saturated rings. The Hall–Kier alpha value is -2.99. The van der Waals surface area contributed by atoms with Crippen molar-refractivity contribution in [3.63, 3.8) is 0 Å². The van der Waals surface area contributed by atoms with Gasteiger partial charge in [-0.2, -0.15) is 13.2 Å². The molecule has 0 aliphatic heterocycles. The molecule has 2 aromatic rings.